The lowest BCUT2D eigenvalue weighted by molar-refractivity contribution is 0.0950. The Balaban J connectivity index is 1.72. The van der Waals surface area contributed by atoms with Crippen LogP contribution in [0.15, 0.2) is 66.7 Å². The van der Waals surface area contributed by atoms with Gasteiger partial charge >= 0.3 is 0 Å². The Labute approximate surface area is 175 Å². The first-order chi connectivity index (χ1) is 14.7. The van der Waals surface area contributed by atoms with Crippen LogP contribution < -0.4 is 10.1 Å². The van der Waals surface area contributed by atoms with Gasteiger partial charge in [-0.15, -0.1) is 5.10 Å². The summed E-state index contributed by atoms with van der Waals surface area (Å²) in [6, 6.07) is 21.0. The van der Waals surface area contributed by atoms with Gasteiger partial charge in [0.1, 0.15) is 0 Å². The summed E-state index contributed by atoms with van der Waals surface area (Å²) in [7, 11) is 0. The second-order valence-electron chi connectivity index (χ2n) is 7.11. The molecule has 0 bridgehead atoms. The van der Waals surface area contributed by atoms with Gasteiger partial charge in [-0.3, -0.25) is 4.79 Å². The lowest BCUT2D eigenvalue weighted by atomic mass is 10.1. The number of aryl methyl sites for hydroxylation is 1. The quantitative estimate of drug-likeness (QED) is 0.498. The maximum atomic E-state index is 12.6. The molecular formula is C24H24N4O2. The monoisotopic (exact) mass is 400 g/mol. The number of aromatic nitrogens is 3. The Bertz CT molecular complexity index is 1150. The zero-order valence-corrected chi connectivity index (χ0v) is 17.1. The minimum atomic E-state index is -0.140. The molecule has 0 unspecified atom stereocenters. The minimum Gasteiger partial charge on any atom is -0.477 e. The molecule has 1 amide bonds. The molecule has 4 aromatic rings. The molecule has 0 aliphatic heterocycles. The summed E-state index contributed by atoms with van der Waals surface area (Å²) in [4.78, 5) is 17.4. The van der Waals surface area contributed by atoms with E-state index in [9.17, 15) is 4.79 Å². The van der Waals surface area contributed by atoms with Crippen LogP contribution in [0.1, 0.15) is 35.0 Å². The fraction of sp³-hybridized carbons (Fsp3) is 0.208. The number of imidazole rings is 1. The van der Waals surface area contributed by atoms with Crippen molar-refractivity contribution >= 4 is 11.6 Å². The molecule has 0 spiro atoms. The molecule has 4 rings (SSSR count). The van der Waals surface area contributed by atoms with E-state index in [4.69, 9.17) is 9.72 Å². The number of ether oxygens (including phenoxy) is 1. The van der Waals surface area contributed by atoms with Crippen LogP contribution in [-0.4, -0.2) is 27.1 Å². The summed E-state index contributed by atoms with van der Waals surface area (Å²) >= 11 is 0. The van der Waals surface area contributed by atoms with Crippen LogP contribution in [0.3, 0.4) is 0 Å². The van der Waals surface area contributed by atoms with Gasteiger partial charge in [-0.05, 0) is 31.5 Å². The maximum Gasteiger partial charge on any atom is 0.251 e. The normalized spacial score (nSPS) is 10.9. The lowest BCUT2D eigenvalue weighted by Gasteiger charge is -2.09. The molecule has 152 valence electrons. The van der Waals surface area contributed by atoms with E-state index < -0.39 is 0 Å². The van der Waals surface area contributed by atoms with Crippen molar-refractivity contribution in [3.8, 4) is 17.1 Å². The topological polar surface area (TPSA) is 68.5 Å². The van der Waals surface area contributed by atoms with Crippen LogP contribution >= 0.6 is 0 Å². The number of amides is 1. The fourth-order valence-electron chi connectivity index (χ4n) is 3.20. The Morgan fingerprint density at radius 1 is 1.03 bits per heavy atom. The summed E-state index contributed by atoms with van der Waals surface area (Å²) < 4.78 is 7.45. The SMILES string of the molecule is CCCOc1ccc2nc(-c3ccc(C)cc3)c(CNC(=O)c3ccccc3)n2n1. The molecule has 30 heavy (non-hydrogen) atoms. The molecule has 2 aromatic heterocycles. The number of hydrogen-bond acceptors (Lipinski definition) is 4. The van der Waals surface area contributed by atoms with Crippen molar-refractivity contribution in [2.45, 2.75) is 26.8 Å². The number of fused-ring (bicyclic) bond motifs is 1. The summed E-state index contributed by atoms with van der Waals surface area (Å²) in [5.74, 6) is 0.395. The molecule has 0 atom stereocenters. The average Bonchev–Trinajstić information content (AvgIpc) is 3.15. The highest BCUT2D eigenvalue weighted by Gasteiger charge is 2.17. The van der Waals surface area contributed by atoms with Crippen molar-refractivity contribution in [1.82, 2.24) is 19.9 Å². The van der Waals surface area contributed by atoms with Crippen molar-refractivity contribution < 1.29 is 9.53 Å². The first kappa shape index (κ1) is 19.6. The molecule has 2 heterocycles. The van der Waals surface area contributed by atoms with Gasteiger partial charge in [0.2, 0.25) is 5.88 Å². The molecule has 1 N–H and O–H groups in total. The number of benzene rings is 2. The smallest absolute Gasteiger partial charge is 0.251 e. The third-order valence-corrected chi connectivity index (χ3v) is 4.78. The summed E-state index contributed by atoms with van der Waals surface area (Å²) in [5.41, 5.74) is 5.08. The minimum absolute atomic E-state index is 0.140. The molecule has 6 nitrogen and oxygen atoms in total. The van der Waals surface area contributed by atoms with Crippen LogP contribution in [0, 0.1) is 6.92 Å². The Morgan fingerprint density at radius 3 is 2.53 bits per heavy atom. The Morgan fingerprint density at radius 2 is 1.80 bits per heavy atom. The van der Waals surface area contributed by atoms with Gasteiger partial charge in [0.15, 0.2) is 5.65 Å². The van der Waals surface area contributed by atoms with Crippen LogP contribution in [0.2, 0.25) is 0 Å². The van der Waals surface area contributed by atoms with E-state index in [1.54, 1.807) is 16.6 Å². The fourth-order valence-corrected chi connectivity index (χ4v) is 3.20. The molecular weight excluding hydrogens is 376 g/mol. The molecule has 6 heteroatoms. The van der Waals surface area contributed by atoms with E-state index >= 15 is 0 Å². The van der Waals surface area contributed by atoms with Gasteiger partial charge in [-0.2, -0.15) is 0 Å². The maximum absolute atomic E-state index is 12.6. The van der Waals surface area contributed by atoms with E-state index in [1.165, 1.54) is 5.56 Å². The Hall–Kier alpha value is -3.67. The molecule has 0 fully saturated rings. The van der Waals surface area contributed by atoms with Gasteiger partial charge in [0.25, 0.3) is 5.91 Å². The van der Waals surface area contributed by atoms with E-state index in [0.29, 0.717) is 30.2 Å². The van der Waals surface area contributed by atoms with Gasteiger partial charge in [0.05, 0.1) is 24.5 Å². The van der Waals surface area contributed by atoms with Crippen LogP contribution in [0.5, 0.6) is 5.88 Å². The second-order valence-corrected chi connectivity index (χ2v) is 7.11. The predicted molar refractivity (Wildman–Crippen MR) is 117 cm³/mol. The second kappa shape index (κ2) is 8.78. The van der Waals surface area contributed by atoms with Crippen molar-refractivity contribution in [3.05, 3.63) is 83.6 Å². The van der Waals surface area contributed by atoms with Crippen LogP contribution in [0.25, 0.3) is 16.9 Å². The zero-order chi connectivity index (χ0) is 20.9. The van der Waals surface area contributed by atoms with E-state index in [2.05, 4.69) is 29.5 Å². The first-order valence-corrected chi connectivity index (χ1v) is 10.1. The molecule has 0 radical (unpaired) electrons. The standard InChI is InChI=1S/C24H24N4O2/c1-3-15-30-22-14-13-21-26-23(18-11-9-17(2)10-12-18)20(28(21)27-22)16-25-24(29)19-7-5-4-6-8-19/h4-14H,3,15-16H2,1-2H3,(H,25,29). The van der Waals surface area contributed by atoms with Crippen LogP contribution in [0.4, 0.5) is 0 Å². The lowest BCUT2D eigenvalue weighted by Crippen LogP contribution is -2.24. The zero-order valence-electron chi connectivity index (χ0n) is 17.1. The van der Waals surface area contributed by atoms with Crippen molar-refractivity contribution in [3.63, 3.8) is 0 Å². The van der Waals surface area contributed by atoms with Gasteiger partial charge in [0, 0.05) is 17.2 Å². The van der Waals surface area contributed by atoms with E-state index in [-0.39, 0.29) is 5.91 Å². The predicted octanol–water partition coefficient (Wildman–Crippen LogP) is 4.42. The van der Waals surface area contributed by atoms with E-state index in [0.717, 1.165) is 23.4 Å². The number of nitrogens with zero attached hydrogens (tertiary/aromatic N) is 3. The van der Waals surface area contributed by atoms with Crippen LogP contribution in [-0.2, 0) is 6.54 Å². The summed E-state index contributed by atoms with van der Waals surface area (Å²) in [5, 5.41) is 7.60. The highest BCUT2D eigenvalue weighted by molar-refractivity contribution is 5.94. The highest BCUT2D eigenvalue weighted by atomic mass is 16.5. The number of rotatable bonds is 7. The molecule has 0 aliphatic rings. The molecule has 0 saturated carbocycles. The molecule has 2 aromatic carbocycles. The first-order valence-electron chi connectivity index (χ1n) is 10.1. The van der Waals surface area contributed by atoms with Crippen molar-refractivity contribution in [2.24, 2.45) is 0 Å². The third-order valence-electron chi connectivity index (χ3n) is 4.78. The van der Waals surface area contributed by atoms with Gasteiger partial charge in [-0.1, -0.05) is 55.0 Å². The third kappa shape index (κ3) is 4.17. The number of nitrogens with one attached hydrogen (secondary N) is 1. The number of carbonyl (C=O) groups excluding carboxylic acids is 1. The Kier molecular flexibility index (Phi) is 5.75. The van der Waals surface area contributed by atoms with Crippen molar-refractivity contribution in [2.75, 3.05) is 6.61 Å². The largest absolute Gasteiger partial charge is 0.477 e. The summed E-state index contributed by atoms with van der Waals surface area (Å²) in [6.45, 7) is 4.99. The highest BCUT2D eigenvalue weighted by Crippen LogP contribution is 2.25. The van der Waals surface area contributed by atoms with Gasteiger partial charge in [-0.25, -0.2) is 9.50 Å². The summed E-state index contributed by atoms with van der Waals surface area (Å²) in [6.07, 6.45) is 0.901. The molecule has 0 aliphatic carbocycles. The van der Waals surface area contributed by atoms with Crippen molar-refractivity contribution in [1.29, 1.82) is 0 Å². The van der Waals surface area contributed by atoms with Gasteiger partial charge < -0.3 is 10.1 Å². The number of hydrogen-bond donors (Lipinski definition) is 1. The molecule has 0 saturated heterocycles. The number of carbonyl (C=O) groups is 1. The average molecular weight is 400 g/mol. The van der Waals surface area contributed by atoms with E-state index in [1.807, 2.05) is 49.4 Å².